The van der Waals surface area contributed by atoms with Crippen LogP contribution in [-0.2, 0) is 0 Å². The molecular formula is C15H20N2O2. The summed E-state index contributed by atoms with van der Waals surface area (Å²) in [6, 6.07) is 5.21. The summed E-state index contributed by atoms with van der Waals surface area (Å²) in [5.41, 5.74) is 2.46. The molecular weight excluding hydrogens is 240 g/mol. The number of nitro benzene ring substituents is 1. The lowest BCUT2D eigenvalue weighted by Crippen LogP contribution is -2.12. The first-order chi connectivity index (χ1) is 9.24. The van der Waals surface area contributed by atoms with E-state index in [0.29, 0.717) is 5.92 Å². The van der Waals surface area contributed by atoms with Crippen LogP contribution < -0.4 is 5.32 Å². The molecule has 1 aromatic carbocycles. The van der Waals surface area contributed by atoms with Crippen LogP contribution in [0.2, 0.25) is 0 Å². The van der Waals surface area contributed by atoms with Gasteiger partial charge in [0.05, 0.1) is 4.92 Å². The number of nitrogens with one attached hydrogen (secondary N) is 1. The van der Waals surface area contributed by atoms with Gasteiger partial charge in [-0.2, -0.15) is 0 Å². The molecule has 3 rings (SSSR count). The van der Waals surface area contributed by atoms with Crippen molar-refractivity contribution in [2.24, 2.45) is 5.92 Å². The molecule has 1 fully saturated rings. The van der Waals surface area contributed by atoms with Crippen molar-refractivity contribution in [1.82, 2.24) is 0 Å². The van der Waals surface area contributed by atoms with Gasteiger partial charge < -0.3 is 5.32 Å². The summed E-state index contributed by atoms with van der Waals surface area (Å²) in [6.45, 7) is 0.938. The predicted octanol–water partition coefficient (Wildman–Crippen LogP) is 4.07. The Balaban J connectivity index is 1.76. The fraction of sp³-hybridized carbons (Fsp3) is 0.600. The molecule has 0 aromatic heterocycles. The largest absolute Gasteiger partial charge is 0.384 e. The van der Waals surface area contributed by atoms with Crippen molar-refractivity contribution in [3.63, 3.8) is 0 Å². The smallest absolute Gasteiger partial charge is 0.269 e. The van der Waals surface area contributed by atoms with Gasteiger partial charge in [0, 0.05) is 30.3 Å². The Morgan fingerprint density at radius 1 is 1.26 bits per heavy atom. The topological polar surface area (TPSA) is 55.2 Å². The summed E-state index contributed by atoms with van der Waals surface area (Å²) >= 11 is 0. The van der Waals surface area contributed by atoms with Crippen LogP contribution in [0.4, 0.5) is 11.4 Å². The van der Waals surface area contributed by atoms with Crippen molar-refractivity contribution in [2.45, 2.75) is 44.4 Å². The molecule has 0 spiro atoms. The number of nitro groups is 1. The monoisotopic (exact) mass is 260 g/mol. The SMILES string of the molecule is O=[N+]([O-])c1ccc2c(c1)C(CC1CCCCC1)CN2. The maximum absolute atomic E-state index is 10.9. The van der Waals surface area contributed by atoms with E-state index < -0.39 is 0 Å². The number of anilines is 1. The van der Waals surface area contributed by atoms with Gasteiger partial charge in [-0.1, -0.05) is 32.1 Å². The number of nitrogens with zero attached hydrogens (tertiary/aromatic N) is 1. The summed E-state index contributed by atoms with van der Waals surface area (Å²) in [5.74, 6) is 1.27. The second-order valence-corrected chi connectivity index (χ2v) is 5.85. The van der Waals surface area contributed by atoms with Gasteiger partial charge in [-0.25, -0.2) is 0 Å². The lowest BCUT2D eigenvalue weighted by molar-refractivity contribution is -0.384. The quantitative estimate of drug-likeness (QED) is 0.658. The van der Waals surface area contributed by atoms with E-state index in [1.54, 1.807) is 12.1 Å². The summed E-state index contributed by atoms with van der Waals surface area (Å²) in [4.78, 5) is 10.6. The number of hydrogen-bond acceptors (Lipinski definition) is 3. The lowest BCUT2D eigenvalue weighted by Gasteiger charge is -2.24. The second-order valence-electron chi connectivity index (χ2n) is 5.85. The molecule has 2 aliphatic rings. The van der Waals surface area contributed by atoms with E-state index in [2.05, 4.69) is 5.32 Å². The Hall–Kier alpha value is -1.58. The van der Waals surface area contributed by atoms with Crippen LogP contribution in [0.15, 0.2) is 18.2 Å². The fourth-order valence-corrected chi connectivity index (χ4v) is 3.54. The standard InChI is InChI=1S/C15H20N2O2/c18-17(19)13-6-7-15-14(9-13)12(10-16-15)8-11-4-2-1-3-5-11/h6-7,9,11-12,16H,1-5,8,10H2. The van der Waals surface area contributed by atoms with Gasteiger partial charge in [0.25, 0.3) is 5.69 Å². The van der Waals surface area contributed by atoms with E-state index in [1.807, 2.05) is 6.07 Å². The first-order valence-corrected chi connectivity index (χ1v) is 7.26. The predicted molar refractivity (Wildman–Crippen MR) is 75.5 cm³/mol. The first-order valence-electron chi connectivity index (χ1n) is 7.26. The highest BCUT2D eigenvalue weighted by atomic mass is 16.6. The molecule has 1 aromatic rings. The highest BCUT2D eigenvalue weighted by Crippen LogP contribution is 2.40. The van der Waals surface area contributed by atoms with Crippen LogP contribution in [0, 0.1) is 16.0 Å². The van der Waals surface area contributed by atoms with Crippen molar-refractivity contribution in [3.8, 4) is 0 Å². The van der Waals surface area contributed by atoms with Crippen molar-refractivity contribution in [3.05, 3.63) is 33.9 Å². The molecule has 0 bridgehead atoms. The van der Waals surface area contributed by atoms with Gasteiger partial charge in [0.1, 0.15) is 0 Å². The fourth-order valence-electron chi connectivity index (χ4n) is 3.54. The third-order valence-corrected chi connectivity index (χ3v) is 4.57. The summed E-state index contributed by atoms with van der Waals surface area (Å²) in [7, 11) is 0. The number of fused-ring (bicyclic) bond motifs is 1. The van der Waals surface area contributed by atoms with Gasteiger partial charge in [0.2, 0.25) is 0 Å². The minimum Gasteiger partial charge on any atom is -0.384 e. The Morgan fingerprint density at radius 2 is 2.05 bits per heavy atom. The van der Waals surface area contributed by atoms with Crippen LogP contribution in [0.1, 0.15) is 50.0 Å². The molecule has 1 unspecified atom stereocenters. The molecule has 1 aliphatic carbocycles. The van der Waals surface area contributed by atoms with E-state index in [4.69, 9.17) is 0 Å². The molecule has 4 heteroatoms. The average Bonchev–Trinajstić information content (AvgIpc) is 2.82. The van der Waals surface area contributed by atoms with Gasteiger partial charge in [0.15, 0.2) is 0 Å². The zero-order valence-corrected chi connectivity index (χ0v) is 11.1. The van der Waals surface area contributed by atoms with Crippen LogP contribution in [0.5, 0.6) is 0 Å². The van der Waals surface area contributed by atoms with Crippen LogP contribution >= 0.6 is 0 Å². The van der Waals surface area contributed by atoms with Gasteiger partial charge in [-0.05, 0) is 24.0 Å². The lowest BCUT2D eigenvalue weighted by atomic mass is 9.81. The third-order valence-electron chi connectivity index (χ3n) is 4.57. The van der Waals surface area contributed by atoms with Gasteiger partial charge >= 0.3 is 0 Å². The normalized spacial score (nSPS) is 22.8. The Labute approximate surface area is 113 Å². The Bertz CT molecular complexity index is 481. The van der Waals surface area contributed by atoms with Crippen molar-refractivity contribution >= 4 is 11.4 Å². The highest BCUT2D eigenvalue weighted by Gasteiger charge is 2.27. The number of non-ortho nitro benzene ring substituents is 1. The highest BCUT2D eigenvalue weighted by molar-refractivity contribution is 5.61. The van der Waals surface area contributed by atoms with E-state index in [1.165, 1.54) is 38.5 Å². The molecule has 19 heavy (non-hydrogen) atoms. The van der Waals surface area contributed by atoms with Crippen LogP contribution in [0.3, 0.4) is 0 Å². The zero-order valence-electron chi connectivity index (χ0n) is 11.1. The molecule has 0 saturated heterocycles. The molecule has 102 valence electrons. The van der Waals surface area contributed by atoms with E-state index >= 15 is 0 Å². The van der Waals surface area contributed by atoms with Crippen LogP contribution in [-0.4, -0.2) is 11.5 Å². The minimum absolute atomic E-state index is 0.219. The third kappa shape index (κ3) is 2.57. The molecule has 1 N–H and O–H groups in total. The maximum atomic E-state index is 10.9. The minimum atomic E-state index is -0.295. The Kier molecular flexibility index (Phi) is 3.40. The molecule has 1 heterocycles. The number of benzene rings is 1. The summed E-state index contributed by atoms with van der Waals surface area (Å²) in [6.07, 6.45) is 7.93. The van der Waals surface area contributed by atoms with Crippen LogP contribution in [0.25, 0.3) is 0 Å². The van der Waals surface area contributed by atoms with E-state index in [-0.39, 0.29) is 10.6 Å². The molecule has 0 amide bonds. The van der Waals surface area contributed by atoms with Gasteiger partial charge in [-0.3, -0.25) is 10.1 Å². The number of rotatable bonds is 3. The van der Waals surface area contributed by atoms with Crippen molar-refractivity contribution in [1.29, 1.82) is 0 Å². The second kappa shape index (κ2) is 5.19. The summed E-state index contributed by atoms with van der Waals surface area (Å²) < 4.78 is 0. The van der Waals surface area contributed by atoms with E-state index in [0.717, 1.165) is 23.7 Å². The zero-order chi connectivity index (χ0) is 13.2. The molecule has 0 radical (unpaired) electrons. The first kappa shape index (κ1) is 12.5. The summed E-state index contributed by atoms with van der Waals surface area (Å²) in [5, 5.41) is 14.3. The van der Waals surface area contributed by atoms with E-state index in [9.17, 15) is 10.1 Å². The Morgan fingerprint density at radius 3 is 2.79 bits per heavy atom. The molecule has 1 aliphatic heterocycles. The molecule has 1 saturated carbocycles. The molecule has 4 nitrogen and oxygen atoms in total. The maximum Gasteiger partial charge on any atom is 0.269 e. The number of hydrogen-bond donors (Lipinski definition) is 1. The van der Waals surface area contributed by atoms with Crippen molar-refractivity contribution < 1.29 is 4.92 Å². The van der Waals surface area contributed by atoms with Gasteiger partial charge in [-0.15, -0.1) is 0 Å². The van der Waals surface area contributed by atoms with Crippen molar-refractivity contribution in [2.75, 3.05) is 11.9 Å². The average molecular weight is 260 g/mol. The molecule has 1 atom stereocenters.